The Balaban J connectivity index is 1.63. The average Bonchev–Trinajstić information content (AvgIpc) is 3.22. The molecule has 1 aliphatic heterocycles. The molecule has 0 unspecified atom stereocenters. The number of Topliss-reactive ketones (excluding diaryl/α,β-unsaturated/α-hetero) is 1. The molecule has 1 aromatic carbocycles. The summed E-state index contributed by atoms with van der Waals surface area (Å²) < 4.78 is 28.1. The number of hydrogen-bond donors (Lipinski definition) is 3. The van der Waals surface area contributed by atoms with Crippen LogP contribution in [0.2, 0.25) is 5.02 Å². The molecule has 1 aliphatic carbocycles. The molecule has 7 nitrogen and oxygen atoms in total. The summed E-state index contributed by atoms with van der Waals surface area (Å²) in [6.07, 6.45) is 2.27. The third-order valence-electron chi connectivity index (χ3n) is 5.47. The predicted octanol–water partition coefficient (Wildman–Crippen LogP) is 2.44. The van der Waals surface area contributed by atoms with Crippen LogP contribution in [-0.2, 0) is 17.8 Å². The summed E-state index contributed by atoms with van der Waals surface area (Å²) in [6.45, 7) is 0.140. The van der Waals surface area contributed by atoms with Gasteiger partial charge in [0.15, 0.2) is 11.6 Å². The van der Waals surface area contributed by atoms with Crippen LogP contribution in [0.5, 0.6) is 0 Å². The number of nitrogens with one attached hydrogen (secondary N) is 2. The van der Waals surface area contributed by atoms with Gasteiger partial charge in [-0.1, -0.05) is 11.6 Å². The van der Waals surface area contributed by atoms with Crippen molar-refractivity contribution in [2.24, 2.45) is 0 Å². The molecule has 1 aromatic heterocycles. The van der Waals surface area contributed by atoms with Crippen molar-refractivity contribution in [3.05, 3.63) is 51.8 Å². The van der Waals surface area contributed by atoms with E-state index in [9.17, 15) is 28.3 Å². The van der Waals surface area contributed by atoms with Gasteiger partial charge in [0, 0.05) is 24.0 Å². The van der Waals surface area contributed by atoms with E-state index in [1.54, 1.807) is 4.57 Å². The van der Waals surface area contributed by atoms with Gasteiger partial charge in [-0.25, -0.2) is 8.78 Å². The van der Waals surface area contributed by atoms with Gasteiger partial charge in [0.2, 0.25) is 0 Å². The molecule has 2 heterocycles. The van der Waals surface area contributed by atoms with E-state index in [2.05, 4.69) is 10.6 Å². The van der Waals surface area contributed by atoms with Crippen LogP contribution >= 0.6 is 11.6 Å². The Kier molecular flexibility index (Phi) is 5.11. The van der Waals surface area contributed by atoms with E-state index < -0.39 is 34.8 Å². The molecule has 2 aliphatic rings. The number of fused-ring (bicyclic) bond motifs is 1. The SMILES string of the molecule is O=C(NC1(CO)CC1)C(=O)c1c(Cl)c(C(=O)Nc2ccc(F)c(F)c2)c2n1CCC2. The number of anilines is 1. The molecule has 0 saturated heterocycles. The Bertz CT molecular complexity index is 1080. The molecule has 0 atom stereocenters. The number of ketones is 1. The predicted molar refractivity (Wildman–Crippen MR) is 104 cm³/mol. The van der Waals surface area contributed by atoms with Crippen molar-refractivity contribution in [3.8, 4) is 0 Å². The quantitative estimate of drug-likeness (QED) is 0.477. The zero-order valence-corrected chi connectivity index (χ0v) is 16.5. The van der Waals surface area contributed by atoms with E-state index in [1.165, 1.54) is 6.07 Å². The van der Waals surface area contributed by atoms with E-state index in [4.69, 9.17) is 11.6 Å². The molecule has 0 bridgehead atoms. The van der Waals surface area contributed by atoms with Crippen molar-refractivity contribution < 1.29 is 28.3 Å². The summed E-state index contributed by atoms with van der Waals surface area (Å²) in [5.41, 5.74) is -0.312. The molecular weight excluding hydrogens is 420 g/mol. The monoisotopic (exact) mass is 437 g/mol. The van der Waals surface area contributed by atoms with Crippen molar-refractivity contribution in [3.63, 3.8) is 0 Å². The molecule has 2 aromatic rings. The number of halogens is 3. The number of carbonyl (C=O) groups excluding carboxylic acids is 3. The summed E-state index contributed by atoms with van der Waals surface area (Å²) in [5.74, 6) is -4.65. The Labute approximate surface area is 175 Å². The number of carbonyl (C=O) groups is 3. The third kappa shape index (κ3) is 3.48. The van der Waals surface area contributed by atoms with Gasteiger partial charge in [-0.05, 0) is 37.8 Å². The Morgan fingerprint density at radius 1 is 1.20 bits per heavy atom. The molecule has 0 radical (unpaired) electrons. The molecule has 0 spiro atoms. The number of aliphatic hydroxyl groups is 1. The first kappa shape index (κ1) is 20.5. The van der Waals surface area contributed by atoms with Gasteiger partial charge in [-0.2, -0.15) is 0 Å². The van der Waals surface area contributed by atoms with Crippen LogP contribution in [0.3, 0.4) is 0 Å². The maximum absolute atomic E-state index is 13.4. The third-order valence-corrected chi connectivity index (χ3v) is 5.84. The lowest BCUT2D eigenvalue weighted by atomic mass is 10.1. The molecule has 1 fully saturated rings. The first-order chi connectivity index (χ1) is 14.3. The summed E-state index contributed by atoms with van der Waals surface area (Å²) in [5, 5.41) is 14.2. The largest absolute Gasteiger partial charge is 0.394 e. The van der Waals surface area contributed by atoms with Gasteiger partial charge in [-0.3, -0.25) is 14.4 Å². The minimum atomic E-state index is -1.12. The fourth-order valence-electron chi connectivity index (χ4n) is 3.64. The van der Waals surface area contributed by atoms with Crippen LogP contribution in [0.4, 0.5) is 14.5 Å². The minimum Gasteiger partial charge on any atom is -0.394 e. The highest BCUT2D eigenvalue weighted by Crippen LogP contribution is 2.36. The van der Waals surface area contributed by atoms with Gasteiger partial charge in [0.1, 0.15) is 5.69 Å². The van der Waals surface area contributed by atoms with Crippen LogP contribution in [-0.4, -0.2) is 39.4 Å². The summed E-state index contributed by atoms with van der Waals surface area (Å²) in [7, 11) is 0. The number of amides is 2. The van der Waals surface area contributed by atoms with Gasteiger partial charge in [-0.15, -0.1) is 0 Å². The van der Waals surface area contributed by atoms with Gasteiger partial charge in [0.05, 0.1) is 22.7 Å². The van der Waals surface area contributed by atoms with E-state index in [-0.39, 0.29) is 28.6 Å². The van der Waals surface area contributed by atoms with Gasteiger partial charge < -0.3 is 20.3 Å². The molecule has 1 saturated carbocycles. The second-order valence-corrected chi connectivity index (χ2v) is 7.92. The number of aromatic nitrogens is 1. The molecule has 30 heavy (non-hydrogen) atoms. The van der Waals surface area contributed by atoms with E-state index >= 15 is 0 Å². The van der Waals surface area contributed by atoms with Crippen molar-refractivity contribution in [1.29, 1.82) is 0 Å². The number of aliphatic hydroxyl groups excluding tert-OH is 1. The Morgan fingerprint density at radius 2 is 1.93 bits per heavy atom. The topological polar surface area (TPSA) is 100 Å². The molecule has 4 rings (SSSR count). The highest BCUT2D eigenvalue weighted by Gasteiger charge is 2.45. The highest BCUT2D eigenvalue weighted by molar-refractivity contribution is 6.48. The zero-order valence-electron chi connectivity index (χ0n) is 15.7. The van der Waals surface area contributed by atoms with Crippen molar-refractivity contribution in [1.82, 2.24) is 9.88 Å². The van der Waals surface area contributed by atoms with E-state index in [1.807, 2.05) is 0 Å². The van der Waals surface area contributed by atoms with Crippen LogP contribution in [0.25, 0.3) is 0 Å². The number of hydrogen-bond acceptors (Lipinski definition) is 4. The summed E-state index contributed by atoms with van der Waals surface area (Å²) in [4.78, 5) is 38.0. The lowest BCUT2D eigenvalue weighted by Gasteiger charge is -2.14. The van der Waals surface area contributed by atoms with Crippen molar-refractivity contribution in [2.45, 2.75) is 37.8 Å². The number of benzene rings is 1. The fraction of sp³-hybridized carbons (Fsp3) is 0.350. The number of nitrogens with zero attached hydrogens (tertiary/aromatic N) is 1. The van der Waals surface area contributed by atoms with Crippen molar-refractivity contribution >= 4 is 34.9 Å². The summed E-state index contributed by atoms with van der Waals surface area (Å²) >= 11 is 6.36. The lowest BCUT2D eigenvalue weighted by Crippen LogP contribution is -2.43. The van der Waals surface area contributed by atoms with Crippen LogP contribution in [0.1, 0.15) is 45.8 Å². The van der Waals surface area contributed by atoms with E-state index in [0.29, 0.717) is 37.9 Å². The molecular formula is C20H18ClF2N3O4. The second-order valence-electron chi connectivity index (χ2n) is 7.54. The maximum atomic E-state index is 13.4. The van der Waals surface area contributed by atoms with Crippen LogP contribution in [0.15, 0.2) is 18.2 Å². The van der Waals surface area contributed by atoms with E-state index in [0.717, 1.165) is 12.1 Å². The molecule has 10 heteroatoms. The maximum Gasteiger partial charge on any atom is 0.294 e. The fourth-order valence-corrected chi connectivity index (χ4v) is 4.03. The first-order valence-corrected chi connectivity index (χ1v) is 9.79. The minimum absolute atomic E-state index is 0.0251. The molecule has 158 valence electrons. The second kappa shape index (κ2) is 7.48. The zero-order chi connectivity index (χ0) is 21.6. The van der Waals surface area contributed by atoms with Crippen molar-refractivity contribution in [2.75, 3.05) is 11.9 Å². The lowest BCUT2D eigenvalue weighted by molar-refractivity contribution is -0.118. The van der Waals surface area contributed by atoms with Gasteiger partial charge >= 0.3 is 0 Å². The van der Waals surface area contributed by atoms with Crippen LogP contribution in [0, 0.1) is 11.6 Å². The summed E-state index contributed by atoms with van der Waals surface area (Å²) in [6, 6.07) is 2.91. The number of rotatable bonds is 6. The first-order valence-electron chi connectivity index (χ1n) is 9.41. The Morgan fingerprint density at radius 3 is 2.57 bits per heavy atom. The Hall–Kier alpha value is -2.78. The molecule has 3 N–H and O–H groups in total. The average molecular weight is 438 g/mol. The highest BCUT2D eigenvalue weighted by atomic mass is 35.5. The van der Waals surface area contributed by atoms with Gasteiger partial charge in [0.25, 0.3) is 17.6 Å². The smallest absolute Gasteiger partial charge is 0.294 e. The normalized spacial score (nSPS) is 16.1. The standard InChI is InChI=1S/C20H18ClF2N3O4/c21-15-14(18(29)24-10-3-4-11(22)12(23)8-10)13-2-1-7-26(13)16(15)17(28)19(30)25-20(9-27)5-6-20/h3-4,8,27H,1-2,5-7,9H2,(H,24,29)(H,25,30). The molecule has 2 amide bonds. The van der Waals surface area contributed by atoms with Crippen LogP contribution < -0.4 is 10.6 Å².